The molecule has 0 amide bonds. The SMILES string of the molecule is O=S(=O)(O)CCS(=O)(=O)c1ccc(N=Nc2c(S(=O)(=O)O)cc3cc(S(=O)(=O)O)cc(Nc4nc(Cl)nc(Nc5cccc(S(=O)(=O)O)c5)n4)c3c2O)cc1.[Na].[Na].[Na].[Na]. The van der Waals surface area contributed by atoms with Gasteiger partial charge in [0.15, 0.2) is 15.6 Å². The van der Waals surface area contributed by atoms with Crippen LogP contribution in [0, 0.1) is 0 Å². The van der Waals surface area contributed by atoms with Crippen molar-refractivity contribution in [3.8, 4) is 5.75 Å². The molecule has 0 unspecified atom stereocenters. The number of aromatic nitrogens is 3. The van der Waals surface area contributed by atoms with Crippen LogP contribution in [-0.2, 0) is 50.3 Å². The number of nitrogens with zero attached hydrogens (tertiary/aromatic N) is 5. The fourth-order valence-corrected chi connectivity index (χ4v) is 9.00. The number of azo groups is 1. The van der Waals surface area contributed by atoms with Crippen molar-refractivity contribution < 1.29 is 65.4 Å². The molecular formula is C27H22ClN7Na4O15S5. The van der Waals surface area contributed by atoms with E-state index in [9.17, 15) is 60.9 Å². The number of anilines is 4. The second-order valence-corrected chi connectivity index (χ2v) is 19.1. The number of halogens is 1. The number of aromatic hydroxyl groups is 1. The number of sulfone groups is 1. The minimum absolute atomic E-state index is 0. The van der Waals surface area contributed by atoms with Crippen LogP contribution in [0.15, 0.2) is 96.5 Å². The summed E-state index contributed by atoms with van der Waals surface area (Å²) in [6.07, 6.45) is 0. The molecule has 7 N–H and O–H groups in total. The van der Waals surface area contributed by atoms with Crippen molar-refractivity contribution in [3.63, 3.8) is 0 Å². The monoisotopic (exact) mass is 971 g/mol. The van der Waals surface area contributed by atoms with E-state index in [2.05, 4.69) is 35.8 Å². The van der Waals surface area contributed by atoms with Crippen molar-refractivity contribution >= 4 is 226 Å². The largest absolute Gasteiger partial charge is 0.505 e. The van der Waals surface area contributed by atoms with Gasteiger partial charge in [-0.1, -0.05) is 6.07 Å². The molecule has 0 atom stereocenters. The maximum absolute atomic E-state index is 12.4. The number of fused-ring (bicyclic) bond motifs is 1. The van der Waals surface area contributed by atoms with E-state index in [-0.39, 0.29) is 140 Å². The zero-order valence-electron chi connectivity index (χ0n) is 30.7. The molecule has 0 bridgehead atoms. The fraction of sp³-hybridized carbons (Fsp3) is 0.0741. The summed E-state index contributed by atoms with van der Waals surface area (Å²) in [6, 6.07) is 11.1. The van der Waals surface area contributed by atoms with Crippen LogP contribution in [0.2, 0.25) is 5.28 Å². The van der Waals surface area contributed by atoms with E-state index in [1.807, 2.05) is 0 Å². The second kappa shape index (κ2) is 21.6. The van der Waals surface area contributed by atoms with Crippen molar-refractivity contribution in [3.05, 3.63) is 72.0 Å². The number of phenols is 1. The molecule has 4 aromatic carbocycles. The second-order valence-electron chi connectivity index (χ2n) is 10.9. The predicted molar refractivity (Wildman–Crippen MR) is 215 cm³/mol. The first-order valence-corrected chi connectivity index (χ1v) is 22.3. The average Bonchev–Trinajstić information content (AvgIpc) is 3.05. The van der Waals surface area contributed by atoms with Crippen molar-refractivity contribution in [2.45, 2.75) is 19.6 Å². The summed E-state index contributed by atoms with van der Waals surface area (Å²) in [4.78, 5) is 8.93. The van der Waals surface area contributed by atoms with Gasteiger partial charge < -0.3 is 15.7 Å². The Morgan fingerprint density at radius 3 is 1.73 bits per heavy atom. The minimum Gasteiger partial charge on any atom is -0.505 e. The smallest absolute Gasteiger partial charge is 0.296 e. The number of benzene rings is 4. The quantitative estimate of drug-likeness (QED) is 0.0505. The van der Waals surface area contributed by atoms with Gasteiger partial charge in [-0.25, -0.2) is 8.42 Å². The van der Waals surface area contributed by atoms with Crippen molar-refractivity contribution in [1.82, 2.24) is 15.0 Å². The van der Waals surface area contributed by atoms with E-state index in [0.717, 1.165) is 48.5 Å². The van der Waals surface area contributed by atoms with Crippen molar-refractivity contribution in [2.24, 2.45) is 10.2 Å². The molecule has 1 heterocycles. The van der Waals surface area contributed by atoms with Crippen LogP contribution in [-0.4, -0.2) is 210 Å². The van der Waals surface area contributed by atoms with Gasteiger partial charge in [-0.2, -0.15) is 53.7 Å². The van der Waals surface area contributed by atoms with Gasteiger partial charge in [0.05, 0.1) is 37.6 Å². The summed E-state index contributed by atoms with van der Waals surface area (Å²) in [7, 11) is -23.7. The molecule has 59 heavy (non-hydrogen) atoms. The van der Waals surface area contributed by atoms with Crippen LogP contribution in [0.1, 0.15) is 0 Å². The van der Waals surface area contributed by atoms with E-state index < -0.39 is 116 Å². The van der Waals surface area contributed by atoms with Gasteiger partial charge in [0.25, 0.3) is 40.5 Å². The van der Waals surface area contributed by atoms with Crippen LogP contribution >= 0.6 is 11.6 Å². The van der Waals surface area contributed by atoms with E-state index in [1.54, 1.807) is 0 Å². The third-order valence-corrected chi connectivity index (χ3v) is 12.4. The maximum atomic E-state index is 12.4. The summed E-state index contributed by atoms with van der Waals surface area (Å²) in [5, 5.41) is 22.7. The number of rotatable bonds is 13. The van der Waals surface area contributed by atoms with E-state index in [4.69, 9.17) is 16.2 Å². The summed E-state index contributed by atoms with van der Waals surface area (Å²) in [5.41, 5.74) is -1.48. The van der Waals surface area contributed by atoms with Crippen LogP contribution in [0.4, 0.5) is 34.6 Å². The Kier molecular flexibility index (Phi) is 20.5. The van der Waals surface area contributed by atoms with Gasteiger partial charge in [-0.15, -0.1) is 5.11 Å². The third kappa shape index (κ3) is 15.1. The fourth-order valence-electron chi connectivity index (χ4n) is 4.61. The molecule has 0 fully saturated rings. The molecule has 0 spiro atoms. The summed E-state index contributed by atoms with van der Waals surface area (Å²) in [6.45, 7) is 0. The van der Waals surface area contributed by atoms with E-state index in [1.165, 1.54) is 12.1 Å². The van der Waals surface area contributed by atoms with E-state index in [0.29, 0.717) is 6.07 Å². The normalized spacial score (nSPS) is 12.1. The predicted octanol–water partition coefficient (Wildman–Crippen LogP) is 2.16. The van der Waals surface area contributed by atoms with Gasteiger partial charge in [0, 0.05) is 129 Å². The average molecular weight is 972 g/mol. The number of nitrogens with one attached hydrogen (secondary N) is 2. The Morgan fingerprint density at radius 1 is 0.610 bits per heavy atom. The number of hydrogen-bond acceptors (Lipinski definition) is 18. The standard InChI is InChI=1S/C27H22ClN7O15S5.4Na/c28-25-31-26(29-16-2-1-3-18(12-16)53(42,43)44)33-27(32-25)30-20-13-19(54(45,46)47)10-14-11-21(55(48,49)50)23(24(36)22(14)20)35-34-15-4-6-17(7-5-15)51(37,38)8-9-52(39,40)41;;;;/h1-7,10-13,36H,8-9H2,(H,39,40,41)(H,42,43,44)(H,45,46,47)(H,48,49,50)(H2,29,30,31,32,33);;;;. The molecule has 0 saturated carbocycles. The van der Waals surface area contributed by atoms with Gasteiger partial charge in [0.1, 0.15) is 10.6 Å². The molecule has 5 aromatic rings. The van der Waals surface area contributed by atoms with Crippen molar-refractivity contribution in [2.75, 3.05) is 22.1 Å². The first-order valence-electron chi connectivity index (χ1n) is 14.3. The molecule has 22 nitrogen and oxygen atoms in total. The Balaban J connectivity index is 0.00000435. The Bertz CT molecular complexity index is 2990. The van der Waals surface area contributed by atoms with Gasteiger partial charge in [0.2, 0.25) is 17.2 Å². The molecular weight excluding hydrogens is 950 g/mol. The molecule has 296 valence electrons. The van der Waals surface area contributed by atoms with Gasteiger partial charge >= 0.3 is 0 Å². The zero-order valence-corrected chi connectivity index (χ0v) is 43.6. The maximum Gasteiger partial charge on any atom is 0.296 e. The Morgan fingerprint density at radius 2 is 1.19 bits per heavy atom. The molecule has 4 radical (unpaired) electrons. The van der Waals surface area contributed by atoms with Crippen molar-refractivity contribution in [1.29, 1.82) is 0 Å². The topological polar surface area (TPSA) is 359 Å². The van der Waals surface area contributed by atoms with Gasteiger partial charge in [-0.3, -0.25) is 18.2 Å². The molecule has 0 saturated heterocycles. The molecule has 0 aliphatic carbocycles. The minimum atomic E-state index is -5.28. The molecule has 0 aliphatic heterocycles. The van der Waals surface area contributed by atoms with Crippen LogP contribution in [0.5, 0.6) is 5.75 Å². The molecule has 32 heteroatoms. The molecule has 0 aliphatic rings. The Hall–Kier alpha value is -0.970. The van der Waals surface area contributed by atoms with Crippen LogP contribution < -0.4 is 10.6 Å². The summed E-state index contributed by atoms with van der Waals surface area (Å²) < 4.78 is 157. The first kappa shape index (κ1) is 56.0. The summed E-state index contributed by atoms with van der Waals surface area (Å²) >= 11 is 6.05. The third-order valence-electron chi connectivity index (χ3n) is 7.01. The number of hydrogen-bond donors (Lipinski definition) is 7. The van der Waals surface area contributed by atoms with Crippen LogP contribution in [0.25, 0.3) is 10.8 Å². The van der Waals surface area contributed by atoms with Gasteiger partial charge in [-0.05, 0) is 77.7 Å². The van der Waals surface area contributed by atoms with E-state index >= 15 is 0 Å². The first-order chi connectivity index (χ1) is 25.3. The summed E-state index contributed by atoms with van der Waals surface area (Å²) in [5.74, 6) is -3.90. The molecule has 5 rings (SSSR count). The number of phenolic OH excluding ortho intramolecular Hbond substituents is 1. The Labute approximate surface area is 429 Å². The molecule has 1 aromatic heterocycles. The zero-order chi connectivity index (χ0) is 40.7. The van der Waals surface area contributed by atoms with Crippen LogP contribution in [0.3, 0.4) is 0 Å².